The molecule has 0 aromatic rings. The van der Waals surface area contributed by atoms with Crippen LogP contribution in [0.3, 0.4) is 0 Å². The topological polar surface area (TPSA) is 39.1 Å². The largest absolute Gasteiger partial charge is 0.302 e. The Morgan fingerprint density at radius 1 is 1.26 bits per heavy atom. The lowest BCUT2D eigenvalue weighted by molar-refractivity contribution is 0.212. The second kappa shape index (κ2) is 5.42. The fraction of sp³-hybridized carbons (Fsp3) is 0.938. The molecule has 3 aliphatic carbocycles. The van der Waals surface area contributed by atoms with Crippen LogP contribution in [0.4, 0.5) is 0 Å². The second-order valence-electron chi connectivity index (χ2n) is 6.88. The summed E-state index contributed by atoms with van der Waals surface area (Å²) in [6.07, 6.45) is 10.4. The normalized spacial score (nSPS) is 34.7. The van der Waals surface area contributed by atoms with E-state index in [0.29, 0.717) is 5.92 Å². The van der Waals surface area contributed by atoms with Gasteiger partial charge in [0.15, 0.2) is 0 Å². The summed E-state index contributed by atoms with van der Waals surface area (Å²) in [7, 11) is 1.96. The summed E-state index contributed by atoms with van der Waals surface area (Å²) >= 11 is 0. The van der Waals surface area contributed by atoms with Gasteiger partial charge in [0.1, 0.15) is 5.54 Å². The Hall–Kier alpha value is -0.590. The smallest absolute Gasteiger partial charge is 0.109 e. The van der Waals surface area contributed by atoms with E-state index in [1.165, 1.54) is 58.0 Å². The van der Waals surface area contributed by atoms with Crippen LogP contribution in [0.2, 0.25) is 0 Å². The van der Waals surface area contributed by atoms with E-state index in [0.717, 1.165) is 18.4 Å². The zero-order valence-electron chi connectivity index (χ0n) is 12.2. The lowest BCUT2D eigenvalue weighted by atomic mass is 9.86. The number of nitriles is 1. The Bertz CT molecular complexity index is 353. The van der Waals surface area contributed by atoms with Crippen LogP contribution in [0.15, 0.2) is 0 Å². The average molecular weight is 261 g/mol. The molecule has 3 saturated carbocycles. The van der Waals surface area contributed by atoms with Crippen LogP contribution in [0, 0.1) is 23.2 Å². The minimum Gasteiger partial charge on any atom is -0.302 e. The van der Waals surface area contributed by atoms with Crippen LogP contribution in [-0.4, -0.2) is 36.6 Å². The minimum atomic E-state index is -0.227. The van der Waals surface area contributed by atoms with E-state index in [1.807, 2.05) is 7.05 Å². The van der Waals surface area contributed by atoms with Gasteiger partial charge in [0.25, 0.3) is 0 Å². The minimum absolute atomic E-state index is 0.227. The van der Waals surface area contributed by atoms with Crippen LogP contribution < -0.4 is 5.32 Å². The fourth-order valence-corrected chi connectivity index (χ4v) is 3.82. The molecule has 3 heteroatoms. The summed E-state index contributed by atoms with van der Waals surface area (Å²) < 4.78 is 0. The number of nitrogens with one attached hydrogen (secondary N) is 1. The maximum Gasteiger partial charge on any atom is 0.109 e. The van der Waals surface area contributed by atoms with Crippen molar-refractivity contribution in [3.05, 3.63) is 0 Å². The third kappa shape index (κ3) is 2.95. The molecule has 3 aliphatic rings. The van der Waals surface area contributed by atoms with Gasteiger partial charge in [-0.05, 0) is 70.4 Å². The van der Waals surface area contributed by atoms with Crippen LogP contribution >= 0.6 is 0 Å². The third-order valence-corrected chi connectivity index (χ3v) is 5.48. The lowest BCUT2D eigenvalue weighted by Crippen LogP contribution is -2.46. The summed E-state index contributed by atoms with van der Waals surface area (Å²) in [6.45, 7) is 2.55. The van der Waals surface area contributed by atoms with Gasteiger partial charge in [-0.2, -0.15) is 5.26 Å². The van der Waals surface area contributed by atoms with Crippen molar-refractivity contribution in [3.8, 4) is 6.07 Å². The Morgan fingerprint density at radius 3 is 2.63 bits per heavy atom. The standard InChI is InChI=1S/C16H27N3/c1-18-16(12-17)9-2-3-14(16)8-10-19(15-6-7-15)11-13-4-5-13/h13-15,18H,2-11H2,1H3. The van der Waals surface area contributed by atoms with Crippen molar-refractivity contribution in [2.24, 2.45) is 11.8 Å². The maximum atomic E-state index is 9.50. The van der Waals surface area contributed by atoms with Crippen LogP contribution in [0.25, 0.3) is 0 Å². The van der Waals surface area contributed by atoms with Crippen molar-refractivity contribution in [1.29, 1.82) is 5.26 Å². The first-order chi connectivity index (χ1) is 9.27. The second-order valence-corrected chi connectivity index (χ2v) is 6.88. The molecule has 3 nitrogen and oxygen atoms in total. The predicted molar refractivity (Wildman–Crippen MR) is 76.7 cm³/mol. The Morgan fingerprint density at radius 2 is 2.05 bits per heavy atom. The van der Waals surface area contributed by atoms with Gasteiger partial charge < -0.3 is 10.2 Å². The summed E-state index contributed by atoms with van der Waals surface area (Å²) in [5.41, 5.74) is -0.227. The van der Waals surface area contributed by atoms with Gasteiger partial charge >= 0.3 is 0 Å². The van der Waals surface area contributed by atoms with Crippen LogP contribution in [-0.2, 0) is 0 Å². The molecule has 0 amide bonds. The molecule has 0 saturated heterocycles. The van der Waals surface area contributed by atoms with Crippen molar-refractivity contribution >= 4 is 0 Å². The first-order valence-corrected chi connectivity index (χ1v) is 8.11. The molecule has 1 N–H and O–H groups in total. The van der Waals surface area contributed by atoms with E-state index in [1.54, 1.807) is 0 Å². The molecule has 0 aromatic heterocycles. The van der Waals surface area contributed by atoms with Gasteiger partial charge in [0.2, 0.25) is 0 Å². The van der Waals surface area contributed by atoms with Crippen molar-refractivity contribution in [2.45, 2.75) is 62.9 Å². The third-order valence-electron chi connectivity index (χ3n) is 5.48. The molecule has 3 rings (SSSR count). The zero-order valence-corrected chi connectivity index (χ0v) is 12.2. The summed E-state index contributed by atoms with van der Waals surface area (Å²) in [5, 5.41) is 12.8. The molecule has 19 heavy (non-hydrogen) atoms. The molecule has 2 unspecified atom stereocenters. The highest BCUT2D eigenvalue weighted by atomic mass is 15.2. The summed E-state index contributed by atoms with van der Waals surface area (Å²) in [6, 6.07) is 3.45. The quantitative estimate of drug-likeness (QED) is 0.765. The van der Waals surface area contributed by atoms with Crippen LogP contribution in [0.5, 0.6) is 0 Å². The molecule has 0 radical (unpaired) electrons. The Labute approximate surface area is 117 Å². The highest BCUT2D eigenvalue weighted by Gasteiger charge is 2.42. The molecule has 0 aromatic carbocycles. The van der Waals surface area contributed by atoms with Gasteiger partial charge in [-0.15, -0.1) is 0 Å². The monoisotopic (exact) mass is 261 g/mol. The van der Waals surface area contributed by atoms with Gasteiger partial charge in [0.05, 0.1) is 6.07 Å². The van der Waals surface area contributed by atoms with E-state index in [2.05, 4.69) is 16.3 Å². The highest BCUT2D eigenvalue weighted by molar-refractivity contribution is 5.13. The number of hydrogen-bond acceptors (Lipinski definition) is 3. The van der Waals surface area contributed by atoms with E-state index >= 15 is 0 Å². The number of rotatable bonds is 7. The first kappa shape index (κ1) is 13.4. The molecule has 106 valence electrons. The summed E-state index contributed by atoms with van der Waals surface area (Å²) in [5.74, 6) is 1.55. The molecule has 2 atom stereocenters. The van der Waals surface area contributed by atoms with E-state index in [-0.39, 0.29) is 5.54 Å². The average Bonchev–Trinajstić information content (AvgIpc) is 3.33. The van der Waals surface area contributed by atoms with E-state index in [9.17, 15) is 5.26 Å². The van der Waals surface area contributed by atoms with Crippen LogP contribution in [0.1, 0.15) is 51.4 Å². The van der Waals surface area contributed by atoms with Crippen molar-refractivity contribution in [3.63, 3.8) is 0 Å². The molecule has 0 heterocycles. The van der Waals surface area contributed by atoms with E-state index in [4.69, 9.17) is 0 Å². The van der Waals surface area contributed by atoms with Gasteiger partial charge in [-0.1, -0.05) is 6.42 Å². The maximum absolute atomic E-state index is 9.50. The molecule has 3 fully saturated rings. The van der Waals surface area contributed by atoms with E-state index < -0.39 is 0 Å². The number of hydrogen-bond donors (Lipinski definition) is 1. The Balaban J connectivity index is 1.53. The van der Waals surface area contributed by atoms with Crippen molar-refractivity contribution in [1.82, 2.24) is 10.2 Å². The SMILES string of the molecule is CNC1(C#N)CCCC1CCN(CC1CC1)C1CC1. The molecule has 0 spiro atoms. The predicted octanol–water partition coefficient (Wildman–Crippen LogP) is 2.53. The highest BCUT2D eigenvalue weighted by Crippen LogP contribution is 2.39. The molecule has 0 bridgehead atoms. The molecular weight excluding hydrogens is 234 g/mol. The van der Waals surface area contributed by atoms with Gasteiger partial charge in [-0.25, -0.2) is 0 Å². The molecular formula is C16H27N3. The van der Waals surface area contributed by atoms with Crippen molar-refractivity contribution in [2.75, 3.05) is 20.1 Å². The Kier molecular flexibility index (Phi) is 3.82. The fourth-order valence-electron chi connectivity index (χ4n) is 3.82. The van der Waals surface area contributed by atoms with Gasteiger partial charge in [0, 0.05) is 12.6 Å². The zero-order chi connectivity index (χ0) is 13.3. The number of nitrogens with zero attached hydrogens (tertiary/aromatic N) is 2. The molecule has 0 aliphatic heterocycles. The lowest BCUT2D eigenvalue weighted by Gasteiger charge is -2.30. The van der Waals surface area contributed by atoms with Gasteiger partial charge in [-0.3, -0.25) is 0 Å². The first-order valence-electron chi connectivity index (χ1n) is 8.11. The van der Waals surface area contributed by atoms with Crippen molar-refractivity contribution < 1.29 is 0 Å². The summed E-state index contributed by atoms with van der Waals surface area (Å²) in [4.78, 5) is 2.73.